The molecule has 126 valence electrons. The lowest BCUT2D eigenvalue weighted by molar-refractivity contribution is 0.173. The molecule has 2 atom stereocenters. The van der Waals surface area contributed by atoms with Crippen molar-refractivity contribution < 1.29 is 28.2 Å². The van der Waals surface area contributed by atoms with Crippen molar-refractivity contribution in [1.29, 1.82) is 0 Å². The Morgan fingerprint density at radius 1 is 1.21 bits per heavy atom. The second-order valence-electron chi connectivity index (χ2n) is 5.44. The van der Waals surface area contributed by atoms with Crippen molar-refractivity contribution in [3.8, 4) is 17.2 Å². The predicted octanol–water partition coefficient (Wildman–Crippen LogP) is 3.33. The molecule has 0 saturated carbocycles. The van der Waals surface area contributed by atoms with Gasteiger partial charge in [-0.25, -0.2) is 4.39 Å². The lowest BCUT2D eigenvalue weighted by atomic mass is 9.81. The van der Waals surface area contributed by atoms with Gasteiger partial charge < -0.3 is 19.5 Å². The van der Waals surface area contributed by atoms with E-state index in [9.17, 15) is 4.39 Å². The van der Waals surface area contributed by atoms with Gasteiger partial charge in [0, 0.05) is 25.3 Å². The van der Waals surface area contributed by atoms with Crippen molar-refractivity contribution in [1.82, 2.24) is 5.32 Å². The molecule has 2 aliphatic rings. The van der Waals surface area contributed by atoms with Crippen LogP contribution in [-0.4, -0.2) is 26.3 Å². The van der Waals surface area contributed by atoms with Gasteiger partial charge in [-0.15, -0.1) is 0 Å². The lowest BCUT2D eigenvalue weighted by Gasteiger charge is -2.32. The molecule has 5 heteroatoms. The molecule has 0 amide bonds. The molecule has 1 unspecified atom stereocenters. The Bertz CT molecular complexity index is 989. The largest absolute Gasteiger partial charge is 0.493 e. The number of halogens is 1. The molecule has 0 radical (unpaired) electrons. The molecular formula is C19H20FNO3. The van der Waals surface area contributed by atoms with Crippen LogP contribution < -0.4 is 19.5 Å². The van der Waals surface area contributed by atoms with E-state index in [0.29, 0.717) is 5.56 Å². The molecule has 0 aliphatic carbocycles. The number of rotatable bonds is 4. The zero-order valence-corrected chi connectivity index (χ0v) is 12.6. The quantitative estimate of drug-likeness (QED) is 0.930. The number of nitrogens with one attached hydrogen (secondary N) is 1. The van der Waals surface area contributed by atoms with E-state index in [-0.39, 0.29) is 23.7 Å². The van der Waals surface area contributed by atoms with Crippen LogP contribution in [0.15, 0.2) is 42.5 Å². The summed E-state index contributed by atoms with van der Waals surface area (Å²) in [6.07, 6.45) is -0.216. The summed E-state index contributed by atoms with van der Waals surface area (Å²) in [4.78, 5) is 0. The summed E-state index contributed by atoms with van der Waals surface area (Å²) in [7, 11) is 0. The van der Waals surface area contributed by atoms with E-state index < -0.39 is 44.0 Å². The van der Waals surface area contributed by atoms with E-state index in [2.05, 4.69) is 5.32 Å². The smallest absolute Gasteiger partial charge is 0.231 e. The summed E-state index contributed by atoms with van der Waals surface area (Å²) in [6, 6.07) is 9.51. The Hall–Kier alpha value is -2.27. The molecule has 2 aliphatic heterocycles. The van der Waals surface area contributed by atoms with Crippen LogP contribution in [0.4, 0.5) is 4.39 Å². The Morgan fingerprint density at radius 2 is 2.04 bits per heavy atom. The van der Waals surface area contributed by atoms with Gasteiger partial charge >= 0.3 is 0 Å². The SMILES string of the molecule is [2H]C1([2H])CC(c2ccc(F)cc2)[C@@]([2H])(COc2ccc3c(c2)OC([2H])([2H])O3)C([2H])([2H])N1. The number of ether oxygens (including phenoxy) is 3. The first-order valence-electron chi connectivity index (χ1n) is 11.0. The monoisotopic (exact) mass is 336 g/mol. The molecule has 0 bridgehead atoms. The minimum absolute atomic E-state index is 0.109. The third-order valence-corrected chi connectivity index (χ3v) is 3.92. The van der Waals surface area contributed by atoms with Crippen LogP contribution in [0.1, 0.15) is 27.5 Å². The van der Waals surface area contributed by atoms with Crippen LogP contribution in [-0.2, 0) is 0 Å². The second-order valence-corrected chi connectivity index (χ2v) is 5.44. The van der Waals surface area contributed by atoms with Crippen LogP contribution in [0, 0.1) is 11.7 Å². The number of hydrogen-bond donors (Lipinski definition) is 1. The Labute approximate surface area is 150 Å². The molecule has 1 saturated heterocycles. The Kier molecular flexibility index (Phi) is 2.59. The number of hydrogen-bond acceptors (Lipinski definition) is 4. The highest BCUT2D eigenvalue weighted by atomic mass is 19.1. The Balaban J connectivity index is 1.63. The van der Waals surface area contributed by atoms with Gasteiger partial charge in [0.05, 0.1) is 6.61 Å². The fraction of sp³-hybridized carbons (Fsp3) is 0.368. The van der Waals surface area contributed by atoms with Crippen molar-refractivity contribution in [3.63, 3.8) is 0 Å². The summed E-state index contributed by atoms with van der Waals surface area (Å²) < 4.78 is 85.9. The molecule has 2 aromatic rings. The topological polar surface area (TPSA) is 39.7 Å². The van der Waals surface area contributed by atoms with Gasteiger partial charge in [-0.2, -0.15) is 0 Å². The molecule has 0 spiro atoms. The highest BCUT2D eigenvalue weighted by Crippen LogP contribution is 2.36. The zero-order valence-electron chi connectivity index (χ0n) is 19.6. The van der Waals surface area contributed by atoms with Gasteiger partial charge in [-0.3, -0.25) is 0 Å². The summed E-state index contributed by atoms with van der Waals surface area (Å²) in [6.45, 7) is -7.33. The molecular weight excluding hydrogens is 309 g/mol. The first-order chi connectivity index (χ1) is 14.3. The van der Waals surface area contributed by atoms with Crippen molar-refractivity contribution in [2.24, 2.45) is 5.89 Å². The number of benzene rings is 2. The van der Waals surface area contributed by atoms with Gasteiger partial charge in [0.1, 0.15) is 14.3 Å². The van der Waals surface area contributed by atoms with Crippen LogP contribution in [0.25, 0.3) is 0 Å². The van der Waals surface area contributed by atoms with E-state index in [0.717, 1.165) is 0 Å². The van der Waals surface area contributed by atoms with E-state index in [1.54, 1.807) is 0 Å². The molecule has 1 fully saturated rings. The van der Waals surface area contributed by atoms with Crippen molar-refractivity contribution >= 4 is 0 Å². The maximum atomic E-state index is 13.4. The van der Waals surface area contributed by atoms with Gasteiger partial charge in [-0.05, 0) is 48.7 Å². The molecule has 2 aromatic carbocycles. The number of piperidine rings is 1. The third-order valence-electron chi connectivity index (χ3n) is 3.92. The van der Waals surface area contributed by atoms with E-state index >= 15 is 0 Å². The van der Waals surface area contributed by atoms with Crippen molar-refractivity contribution in [2.45, 2.75) is 12.3 Å². The van der Waals surface area contributed by atoms with E-state index in [1.807, 2.05) is 0 Å². The molecule has 2 heterocycles. The van der Waals surface area contributed by atoms with Crippen molar-refractivity contribution in [2.75, 3.05) is 26.3 Å². The van der Waals surface area contributed by atoms with E-state index in [1.165, 1.54) is 42.5 Å². The van der Waals surface area contributed by atoms with E-state index in [4.69, 9.17) is 23.8 Å². The predicted molar refractivity (Wildman–Crippen MR) is 88.2 cm³/mol. The minimum atomic E-state index is -2.48. The van der Waals surface area contributed by atoms with Gasteiger partial charge in [-0.1, -0.05) is 12.1 Å². The van der Waals surface area contributed by atoms with Crippen molar-refractivity contribution in [3.05, 3.63) is 53.8 Å². The summed E-state index contributed by atoms with van der Waals surface area (Å²) in [5.74, 6) is -2.91. The Morgan fingerprint density at radius 3 is 2.92 bits per heavy atom. The fourth-order valence-electron chi connectivity index (χ4n) is 2.65. The minimum Gasteiger partial charge on any atom is -0.493 e. The van der Waals surface area contributed by atoms with Crippen LogP contribution in [0.5, 0.6) is 17.2 Å². The average molecular weight is 336 g/mol. The highest BCUT2D eigenvalue weighted by molar-refractivity contribution is 5.46. The van der Waals surface area contributed by atoms with Gasteiger partial charge in [0.15, 0.2) is 11.5 Å². The number of fused-ring (bicyclic) bond motifs is 1. The standard InChI is InChI=1S/C19H20FNO3/c20-15-3-1-13(2-4-15)17-7-8-21-10-14(17)11-22-16-5-6-18-19(9-16)24-12-23-18/h1-6,9,14,17,21H,7-8,10-12H2/t14-,17?/m1/s1/i8D2,10D2,12D2,14D. The maximum Gasteiger partial charge on any atom is 0.231 e. The molecule has 1 N–H and O–H groups in total. The zero-order chi connectivity index (χ0) is 22.7. The summed E-state index contributed by atoms with van der Waals surface area (Å²) >= 11 is 0. The first-order valence-corrected chi connectivity index (χ1v) is 7.50. The lowest BCUT2D eigenvalue weighted by Crippen LogP contribution is -2.38. The van der Waals surface area contributed by atoms with Crippen LogP contribution in [0.2, 0.25) is 0 Å². The third kappa shape index (κ3) is 3.17. The normalized spacial score (nSPS) is 36.0. The highest BCUT2D eigenvalue weighted by Gasteiger charge is 2.27. The summed E-state index contributed by atoms with van der Waals surface area (Å²) in [5.41, 5.74) is 0.424. The van der Waals surface area contributed by atoms with Crippen LogP contribution in [0.3, 0.4) is 0 Å². The first kappa shape index (κ1) is 9.28. The van der Waals surface area contributed by atoms with Gasteiger partial charge in [0.25, 0.3) is 0 Å². The molecule has 4 rings (SSSR count). The second kappa shape index (κ2) is 6.69. The van der Waals surface area contributed by atoms with Crippen LogP contribution >= 0.6 is 0 Å². The fourth-order valence-corrected chi connectivity index (χ4v) is 2.65. The van der Waals surface area contributed by atoms with Gasteiger partial charge in [0.2, 0.25) is 6.75 Å². The summed E-state index contributed by atoms with van der Waals surface area (Å²) in [5, 5.41) is 2.25. The molecule has 4 nitrogen and oxygen atoms in total. The molecule has 0 aromatic heterocycles. The molecule has 24 heavy (non-hydrogen) atoms. The average Bonchev–Trinajstić information content (AvgIpc) is 2.96. The maximum absolute atomic E-state index is 13.4.